The first-order valence-electron chi connectivity index (χ1n) is 11.2. The summed E-state index contributed by atoms with van der Waals surface area (Å²) in [5.74, 6) is 1.87. The van der Waals surface area contributed by atoms with Crippen LogP contribution in [0, 0.1) is 5.41 Å². The van der Waals surface area contributed by atoms with Crippen LogP contribution < -0.4 is 4.90 Å². The SMILES string of the molecule is CCC(C)(C)Cc1cnc(CCc2ccc(N3CCCC[C@@H]3c3nn[nH]n3)cc2)[nH]1. The van der Waals surface area contributed by atoms with Crippen molar-refractivity contribution in [2.75, 3.05) is 11.4 Å². The summed E-state index contributed by atoms with van der Waals surface area (Å²) in [6.07, 6.45) is 9.60. The van der Waals surface area contributed by atoms with Crippen molar-refractivity contribution < 1.29 is 0 Å². The van der Waals surface area contributed by atoms with E-state index >= 15 is 0 Å². The molecule has 1 aliphatic heterocycles. The Hall–Kier alpha value is -2.70. The summed E-state index contributed by atoms with van der Waals surface area (Å²) in [6.45, 7) is 7.89. The Morgan fingerprint density at radius 1 is 1.13 bits per heavy atom. The van der Waals surface area contributed by atoms with E-state index in [2.05, 4.69) is 80.5 Å². The van der Waals surface area contributed by atoms with Crippen molar-refractivity contribution in [1.29, 1.82) is 0 Å². The molecule has 3 heterocycles. The van der Waals surface area contributed by atoms with Crippen LogP contribution in [0.2, 0.25) is 0 Å². The Kier molecular flexibility index (Phi) is 6.16. The summed E-state index contributed by atoms with van der Waals surface area (Å²) < 4.78 is 0. The molecule has 0 radical (unpaired) electrons. The summed E-state index contributed by atoms with van der Waals surface area (Å²) in [5, 5.41) is 14.8. The van der Waals surface area contributed by atoms with Crippen molar-refractivity contribution in [2.45, 2.75) is 71.8 Å². The van der Waals surface area contributed by atoms with Crippen LogP contribution in [0.4, 0.5) is 5.69 Å². The van der Waals surface area contributed by atoms with Crippen LogP contribution in [0.3, 0.4) is 0 Å². The van der Waals surface area contributed by atoms with Gasteiger partial charge in [0.15, 0.2) is 5.82 Å². The molecule has 2 aromatic heterocycles. The topological polar surface area (TPSA) is 86.4 Å². The lowest BCUT2D eigenvalue weighted by molar-refractivity contribution is 0.346. The molecule has 4 rings (SSSR count). The minimum absolute atomic E-state index is 0.206. The fourth-order valence-corrected chi connectivity index (χ4v) is 4.20. The average Bonchev–Trinajstić information content (AvgIpc) is 3.45. The molecule has 1 fully saturated rings. The van der Waals surface area contributed by atoms with Crippen molar-refractivity contribution >= 4 is 5.69 Å². The average molecular weight is 408 g/mol. The van der Waals surface area contributed by atoms with Crippen LogP contribution in [0.15, 0.2) is 30.5 Å². The van der Waals surface area contributed by atoms with Crippen LogP contribution in [0.1, 0.15) is 75.4 Å². The molecule has 0 spiro atoms. The largest absolute Gasteiger partial charge is 0.361 e. The van der Waals surface area contributed by atoms with Gasteiger partial charge in [0.1, 0.15) is 5.82 Å². The quantitative estimate of drug-likeness (QED) is 0.577. The van der Waals surface area contributed by atoms with Crippen molar-refractivity contribution in [3.05, 3.63) is 53.4 Å². The third-order valence-electron chi connectivity index (χ3n) is 6.39. The van der Waals surface area contributed by atoms with Gasteiger partial charge in [-0.05, 0) is 55.2 Å². The number of rotatable bonds is 8. The first kappa shape index (κ1) is 20.6. The predicted molar refractivity (Wildman–Crippen MR) is 118 cm³/mol. The number of hydrogen-bond acceptors (Lipinski definition) is 5. The van der Waals surface area contributed by atoms with Crippen molar-refractivity contribution in [3.8, 4) is 0 Å². The predicted octanol–water partition coefficient (Wildman–Crippen LogP) is 4.42. The monoisotopic (exact) mass is 407 g/mol. The lowest BCUT2D eigenvalue weighted by atomic mass is 9.85. The molecule has 30 heavy (non-hydrogen) atoms. The van der Waals surface area contributed by atoms with Gasteiger partial charge in [0.25, 0.3) is 0 Å². The van der Waals surface area contributed by atoms with Gasteiger partial charge in [-0.2, -0.15) is 5.21 Å². The van der Waals surface area contributed by atoms with Gasteiger partial charge in [-0.3, -0.25) is 0 Å². The first-order chi connectivity index (χ1) is 14.5. The summed E-state index contributed by atoms with van der Waals surface area (Å²) in [6, 6.07) is 9.14. The lowest BCUT2D eigenvalue weighted by Gasteiger charge is -2.35. The zero-order valence-electron chi connectivity index (χ0n) is 18.4. The molecule has 1 saturated heterocycles. The minimum atomic E-state index is 0.206. The van der Waals surface area contributed by atoms with Crippen LogP contribution in [0.5, 0.6) is 0 Å². The highest BCUT2D eigenvalue weighted by molar-refractivity contribution is 5.49. The molecule has 0 saturated carbocycles. The second-order valence-corrected chi connectivity index (χ2v) is 9.19. The zero-order chi connectivity index (χ0) is 21.0. The van der Waals surface area contributed by atoms with Gasteiger partial charge in [0.05, 0.1) is 6.04 Å². The van der Waals surface area contributed by atoms with Gasteiger partial charge in [-0.1, -0.05) is 44.5 Å². The maximum atomic E-state index is 4.59. The highest BCUT2D eigenvalue weighted by atomic mass is 15.5. The Morgan fingerprint density at radius 3 is 2.70 bits per heavy atom. The molecule has 0 aliphatic carbocycles. The van der Waals surface area contributed by atoms with Crippen LogP contribution in [-0.2, 0) is 19.3 Å². The van der Waals surface area contributed by atoms with E-state index in [9.17, 15) is 0 Å². The summed E-state index contributed by atoms with van der Waals surface area (Å²) in [7, 11) is 0. The number of nitrogens with one attached hydrogen (secondary N) is 2. The molecule has 7 heteroatoms. The van der Waals surface area contributed by atoms with Crippen molar-refractivity contribution in [2.24, 2.45) is 5.41 Å². The van der Waals surface area contributed by atoms with E-state index in [-0.39, 0.29) is 6.04 Å². The fraction of sp³-hybridized carbons (Fsp3) is 0.565. The normalized spacial score (nSPS) is 17.4. The Morgan fingerprint density at radius 2 is 1.97 bits per heavy atom. The van der Waals surface area contributed by atoms with Gasteiger partial charge in [-0.15, -0.1) is 10.2 Å². The molecular weight excluding hydrogens is 374 g/mol. The minimum Gasteiger partial charge on any atom is -0.361 e. The highest BCUT2D eigenvalue weighted by Crippen LogP contribution is 2.33. The standard InChI is InChI=1S/C23H33N7/c1-4-23(2,3)15-18-16-24-21(25-18)13-10-17-8-11-19(12-9-17)30-14-6-5-7-20(30)22-26-28-29-27-22/h8-9,11-12,16,20H,4-7,10,13-15H2,1-3H3,(H,24,25)(H,26,27,28,29)/t20-/m1/s1. The lowest BCUT2D eigenvalue weighted by Crippen LogP contribution is -2.34. The number of aromatic amines is 2. The third-order valence-corrected chi connectivity index (χ3v) is 6.39. The third kappa shape index (κ3) is 4.89. The molecule has 160 valence electrons. The van der Waals surface area contributed by atoms with Crippen molar-refractivity contribution in [3.63, 3.8) is 0 Å². The number of nitrogens with zero attached hydrogens (tertiary/aromatic N) is 5. The number of aromatic nitrogens is 6. The summed E-state index contributed by atoms with van der Waals surface area (Å²) in [4.78, 5) is 10.5. The molecule has 1 aliphatic rings. The number of H-pyrrole nitrogens is 2. The van der Waals surface area contributed by atoms with Crippen LogP contribution in [0.25, 0.3) is 0 Å². The Bertz CT molecular complexity index is 911. The maximum Gasteiger partial charge on any atom is 0.196 e. The molecular formula is C23H33N7. The first-order valence-corrected chi connectivity index (χ1v) is 11.2. The van der Waals surface area contributed by atoms with Crippen molar-refractivity contribution in [1.82, 2.24) is 30.6 Å². The molecule has 3 aromatic rings. The number of hydrogen-bond donors (Lipinski definition) is 2. The molecule has 7 nitrogen and oxygen atoms in total. The van der Waals surface area contributed by atoms with E-state index < -0.39 is 0 Å². The molecule has 1 aromatic carbocycles. The van der Waals surface area contributed by atoms with Gasteiger partial charge >= 0.3 is 0 Å². The molecule has 0 unspecified atom stereocenters. The van der Waals surface area contributed by atoms with E-state index in [0.717, 1.165) is 50.3 Å². The van der Waals surface area contributed by atoms with Crippen LogP contribution in [-0.4, -0.2) is 37.1 Å². The number of anilines is 1. The van der Waals surface area contributed by atoms with E-state index in [1.807, 2.05) is 6.20 Å². The van der Waals surface area contributed by atoms with Crippen LogP contribution >= 0.6 is 0 Å². The van der Waals surface area contributed by atoms with E-state index in [0.29, 0.717) is 5.41 Å². The Balaban J connectivity index is 1.36. The van der Waals surface area contributed by atoms with E-state index in [4.69, 9.17) is 0 Å². The Labute approximate surface area is 178 Å². The summed E-state index contributed by atoms with van der Waals surface area (Å²) in [5.41, 5.74) is 4.12. The molecule has 1 atom stereocenters. The molecule has 0 bridgehead atoms. The number of benzene rings is 1. The second-order valence-electron chi connectivity index (χ2n) is 9.19. The summed E-state index contributed by atoms with van der Waals surface area (Å²) >= 11 is 0. The van der Waals surface area contributed by atoms with Gasteiger partial charge in [0.2, 0.25) is 0 Å². The molecule has 0 amide bonds. The number of imidazole rings is 1. The number of piperidine rings is 1. The zero-order valence-corrected chi connectivity index (χ0v) is 18.4. The molecule has 2 N–H and O–H groups in total. The smallest absolute Gasteiger partial charge is 0.196 e. The second kappa shape index (κ2) is 8.98. The number of aryl methyl sites for hydroxylation is 2. The van der Waals surface area contributed by atoms with E-state index in [1.165, 1.54) is 29.8 Å². The fourth-order valence-electron chi connectivity index (χ4n) is 4.20. The highest BCUT2D eigenvalue weighted by Gasteiger charge is 2.27. The van der Waals surface area contributed by atoms with Gasteiger partial charge in [0, 0.05) is 30.5 Å². The maximum absolute atomic E-state index is 4.59. The van der Waals surface area contributed by atoms with Gasteiger partial charge in [-0.25, -0.2) is 4.98 Å². The number of tetrazole rings is 1. The van der Waals surface area contributed by atoms with E-state index in [1.54, 1.807) is 0 Å². The van der Waals surface area contributed by atoms with Gasteiger partial charge < -0.3 is 9.88 Å².